The van der Waals surface area contributed by atoms with Crippen molar-refractivity contribution in [2.24, 2.45) is 0 Å². The summed E-state index contributed by atoms with van der Waals surface area (Å²) in [6, 6.07) is 0.710. The fourth-order valence-electron chi connectivity index (χ4n) is 2.47. The first-order valence-corrected chi connectivity index (χ1v) is 8.34. The van der Waals surface area contributed by atoms with Gasteiger partial charge in [0.2, 0.25) is 0 Å². The van der Waals surface area contributed by atoms with Gasteiger partial charge in [0, 0.05) is 25.2 Å². The molecule has 1 saturated heterocycles. The van der Waals surface area contributed by atoms with Crippen molar-refractivity contribution < 1.29 is 4.79 Å². The van der Waals surface area contributed by atoms with Gasteiger partial charge in [0.25, 0.3) is 5.91 Å². The van der Waals surface area contributed by atoms with E-state index in [1.807, 2.05) is 0 Å². The van der Waals surface area contributed by atoms with Crippen LogP contribution in [0.4, 0.5) is 10.9 Å². The summed E-state index contributed by atoms with van der Waals surface area (Å²) in [7, 11) is 2.12. The summed E-state index contributed by atoms with van der Waals surface area (Å²) in [6.45, 7) is 6.11. The average Bonchev–Trinajstić information content (AvgIpc) is 2.82. The third-order valence-electron chi connectivity index (χ3n) is 3.93. The Morgan fingerprint density at radius 2 is 2.33 bits per heavy atom. The third kappa shape index (κ3) is 4.07. The molecule has 1 aliphatic heterocycles. The number of rotatable bonds is 5. The second-order valence-corrected chi connectivity index (χ2v) is 6.68. The molecule has 0 bridgehead atoms. The molecule has 1 amide bonds. The number of hydrogen-bond donors (Lipinski definition) is 3. The van der Waals surface area contributed by atoms with Crippen LogP contribution in [0.2, 0.25) is 0 Å². The summed E-state index contributed by atoms with van der Waals surface area (Å²) < 4.78 is 0. The topological polar surface area (TPSA) is 83.3 Å². The van der Waals surface area contributed by atoms with Gasteiger partial charge in [-0.1, -0.05) is 18.3 Å². The van der Waals surface area contributed by atoms with Crippen molar-refractivity contribution in [1.29, 1.82) is 0 Å². The lowest BCUT2D eigenvalue weighted by atomic mass is 9.99. The van der Waals surface area contributed by atoms with Crippen LogP contribution >= 0.6 is 11.3 Å². The molecule has 1 aromatic heterocycles. The van der Waals surface area contributed by atoms with Crippen LogP contribution in [-0.2, 0) is 0 Å². The quantitative estimate of drug-likeness (QED) is 0.772. The van der Waals surface area contributed by atoms with Crippen LogP contribution in [0.15, 0.2) is 0 Å². The van der Waals surface area contributed by atoms with Crippen LogP contribution in [0.5, 0.6) is 0 Å². The van der Waals surface area contributed by atoms with Gasteiger partial charge in [-0.15, -0.1) is 0 Å². The molecule has 0 radical (unpaired) electrons. The Kier molecular flexibility index (Phi) is 5.41. The maximum absolute atomic E-state index is 12.3. The molecule has 1 aromatic rings. The Morgan fingerprint density at radius 3 is 3.00 bits per heavy atom. The number of carbonyl (C=O) groups excluding carboxylic acids is 1. The van der Waals surface area contributed by atoms with Gasteiger partial charge in [0.1, 0.15) is 10.7 Å². The minimum absolute atomic E-state index is 0.101. The van der Waals surface area contributed by atoms with Crippen molar-refractivity contribution in [1.82, 2.24) is 15.2 Å². The minimum atomic E-state index is -0.101. The van der Waals surface area contributed by atoms with E-state index in [1.54, 1.807) is 0 Å². The van der Waals surface area contributed by atoms with E-state index in [1.165, 1.54) is 11.3 Å². The van der Waals surface area contributed by atoms with Crippen molar-refractivity contribution in [3.63, 3.8) is 0 Å². The molecule has 0 spiro atoms. The molecule has 1 fully saturated rings. The van der Waals surface area contributed by atoms with Crippen LogP contribution in [0.25, 0.3) is 0 Å². The average molecular weight is 311 g/mol. The lowest BCUT2D eigenvalue weighted by Crippen LogP contribution is -2.47. The number of amides is 1. The predicted molar refractivity (Wildman–Crippen MR) is 87.9 cm³/mol. The zero-order valence-electron chi connectivity index (χ0n) is 13.0. The van der Waals surface area contributed by atoms with E-state index in [9.17, 15) is 4.79 Å². The first-order chi connectivity index (χ1) is 10.0. The number of nitrogen functional groups attached to an aromatic ring is 1. The Labute approximate surface area is 130 Å². The number of hydrogen-bond acceptors (Lipinski definition) is 6. The van der Waals surface area contributed by atoms with E-state index in [0.29, 0.717) is 16.7 Å². The number of nitrogens with two attached hydrogens (primary N) is 1. The maximum Gasteiger partial charge on any atom is 0.265 e. The molecule has 21 heavy (non-hydrogen) atoms. The molecule has 0 aliphatic carbocycles. The third-order valence-corrected chi connectivity index (χ3v) is 4.96. The van der Waals surface area contributed by atoms with Crippen LogP contribution in [0, 0.1) is 0 Å². The van der Waals surface area contributed by atoms with Crippen molar-refractivity contribution >= 4 is 28.2 Å². The van der Waals surface area contributed by atoms with E-state index < -0.39 is 0 Å². The fraction of sp³-hybridized carbons (Fsp3) is 0.714. The summed E-state index contributed by atoms with van der Waals surface area (Å²) >= 11 is 1.33. The van der Waals surface area contributed by atoms with Gasteiger partial charge in [0.05, 0.1) is 0 Å². The lowest BCUT2D eigenvalue weighted by molar-refractivity contribution is 0.0901. The van der Waals surface area contributed by atoms with E-state index in [-0.39, 0.29) is 11.9 Å². The normalized spacial score (nSPS) is 23.0. The zero-order chi connectivity index (χ0) is 15.4. The Hall–Kier alpha value is -1.34. The number of nitrogens with zero attached hydrogens (tertiary/aromatic N) is 2. The van der Waals surface area contributed by atoms with Crippen molar-refractivity contribution in [3.8, 4) is 0 Å². The highest BCUT2D eigenvalue weighted by Gasteiger charge is 2.25. The molecule has 4 N–H and O–H groups in total. The first-order valence-electron chi connectivity index (χ1n) is 7.52. The maximum atomic E-state index is 12.3. The highest BCUT2D eigenvalue weighted by Crippen LogP contribution is 2.25. The van der Waals surface area contributed by atoms with Gasteiger partial charge in [-0.05, 0) is 33.2 Å². The summed E-state index contributed by atoms with van der Waals surface area (Å²) in [5.74, 6) is 0.216. The van der Waals surface area contributed by atoms with Crippen LogP contribution in [-0.4, -0.2) is 48.0 Å². The van der Waals surface area contributed by atoms with E-state index >= 15 is 0 Å². The molecular weight excluding hydrogens is 286 g/mol. The molecule has 2 rings (SSSR count). The van der Waals surface area contributed by atoms with Crippen LogP contribution < -0.4 is 16.4 Å². The first kappa shape index (κ1) is 16.0. The van der Waals surface area contributed by atoms with E-state index in [2.05, 4.69) is 41.4 Å². The molecule has 2 heterocycles. The number of aromatic nitrogens is 1. The highest BCUT2D eigenvalue weighted by molar-refractivity contribution is 7.18. The monoisotopic (exact) mass is 311 g/mol. The molecule has 118 valence electrons. The number of piperidine rings is 1. The van der Waals surface area contributed by atoms with Gasteiger partial charge in [-0.3, -0.25) is 4.79 Å². The molecule has 0 saturated carbocycles. The largest absolute Gasteiger partial charge is 0.382 e. The molecule has 0 aromatic carbocycles. The Balaban J connectivity index is 1.95. The number of thiazole rings is 1. The summed E-state index contributed by atoms with van der Waals surface area (Å²) in [5.41, 5.74) is 5.86. The van der Waals surface area contributed by atoms with Crippen molar-refractivity contribution in [2.75, 3.05) is 31.2 Å². The molecule has 2 atom stereocenters. The van der Waals surface area contributed by atoms with Crippen LogP contribution in [0.3, 0.4) is 0 Å². The molecule has 6 nitrogen and oxygen atoms in total. The molecule has 7 heteroatoms. The SMILES string of the molecule is CCCNc1nc(N)c(C(=O)NC2CCN(C)C(C)C2)s1. The number of carbonyl (C=O) groups is 1. The molecule has 2 unspecified atom stereocenters. The van der Waals surface area contributed by atoms with Crippen molar-refractivity contribution in [3.05, 3.63) is 4.88 Å². The number of nitrogens with one attached hydrogen (secondary N) is 2. The minimum Gasteiger partial charge on any atom is -0.382 e. The Morgan fingerprint density at radius 1 is 1.57 bits per heavy atom. The van der Waals surface area contributed by atoms with Gasteiger partial charge in [-0.25, -0.2) is 4.98 Å². The smallest absolute Gasteiger partial charge is 0.265 e. The lowest BCUT2D eigenvalue weighted by Gasteiger charge is -2.35. The molecule has 1 aliphatic rings. The summed E-state index contributed by atoms with van der Waals surface area (Å²) in [6.07, 6.45) is 2.96. The Bertz CT molecular complexity index is 490. The second kappa shape index (κ2) is 7.09. The van der Waals surface area contributed by atoms with E-state index in [0.717, 1.165) is 37.5 Å². The summed E-state index contributed by atoms with van der Waals surface area (Å²) in [5, 5.41) is 6.98. The van der Waals surface area contributed by atoms with Crippen LogP contribution in [0.1, 0.15) is 42.8 Å². The number of likely N-dealkylation sites (tertiary alicyclic amines) is 1. The standard InChI is InChI=1S/C14H25N5OS/c1-4-6-16-14-18-12(15)11(21-14)13(20)17-10-5-7-19(3)9(2)8-10/h9-10H,4-8,15H2,1-3H3,(H,16,18)(H,17,20). The van der Waals surface area contributed by atoms with E-state index in [4.69, 9.17) is 5.73 Å². The van der Waals surface area contributed by atoms with Gasteiger partial charge >= 0.3 is 0 Å². The summed E-state index contributed by atoms with van der Waals surface area (Å²) in [4.78, 5) is 19.4. The van der Waals surface area contributed by atoms with Gasteiger partial charge in [-0.2, -0.15) is 0 Å². The van der Waals surface area contributed by atoms with Crippen molar-refractivity contribution in [2.45, 2.75) is 45.2 Å². The number of anilines is 2. The second-order valence-electron chi connectivity index (χ2n) is 5.68. The predicted octanol–water partition coefficient (Wildman–Crippen LogP) is 1.76. The van der Waals surface area contributed by atoms with Gasteiger partial charge in [0.15, 0.2) is 5.13 Å². The highest BCUT2D eigenvalue weighted by atomic mass is 32.1. The molecular formula is C14H25N5OS. The fourth-order valence-corrected chi connectivity index (χ4v) is 3.29. The van der Waals surface area contributed by atoms with Gasteiger partial charge < -0.3 is 21.3 Å². The zero-order valence-corrected chi connectivity index (χ0v) is 13.8.